The van der Waals surface area contributed by atoms with Gasteiger partial charge in [-0.3, -0.25) is 14.2 Å². The lowest BCUT2D eigenvalue weighted by atomic mass is 10.1. The zero-order valence-electron chi connectivity index (χ0n) is 17.9. The summed E-state index contributed by atoms with van der Waals surface area (Å²) in [4.78, 5) is 31.6. The highest BCUT2D eigenvalue weighted by molar-refractivity contribution is 7.20. The zero-order chi connectivity index (χ0) is 22.0. The van der Waals surface area contributed by atoms with Gasteiger partial charge >= 0.3 is 0 Å². The van der Waals surface area contributed by atoms with Gasteiger partial charge < -0.3 is 5.32 Å². The van der Waals surface area contributed by atoms with Crippen molar-refractivity contribution in [3.05, 3.63) is 92.3 Å². The molecule has 0 aliphatic carbocycles. The van der Waals surface area contributed by atoms with E-state index in [1.807, 2.05) is 57.2 Å². The Morgan fingerprint density at radius 1 is 1.10 bits per heavy atom. The van der Waals surface area contributed by atoms with Crippen LogP contribution in [0.15, 0.2) is 59.7 Å². The molecule has 2 heterocycles. The first-order chi connectivity index (χ1) is 14.9. The third kappa shape index (κ3) is 4.44. The summed E-state index contributed by atoms with van der Waals surface area (Å²) in [7, 11) is 0. The number of rotatable bonds is 6. The van der Waals surface area contributed by atoms with Crippen LogP contribution >= 0.6 is 11.3 Å². The molecule has 0 aliphatic heterocycles. The zero-order valence-corrected chi connectivity index (χ0v) is 18.8. The number of nitrogens with one attached hydrogen (secondary N) is 1. The molecule has 1 amide bonds. The molecular weight excluding hydrogens is 406 g/mol. The van der Waals surface area contributed by atoms with E-state index in [1.54, 1.807) is 10.9 Å². The Morgan fingerprint density at radius 2 is 1.87 bits per heavy atom. The number of benzene rings is 2. The van der Waals surface area contributed by atoms with E-state index in [-0.39, 0.29) is 11.5 Å². The summed E-state index contributed by atoms with van der Waals surface area (Å²) in [5.41, 5.74) is 4.78. The number of hydrogen-bond acceptors (Lipinski definition) is 4. The van der Waals surface area contributed by atoms with Gasteiger partial charge in [-0.05, 0) is 56.4 Å². The van der Waals surface area contributed by atoms with Crippen molar-refractivity contribution < 1.29 is 4.79 Å². The van der Waals surface area contributed by atoms with Crippen molar-refractivity contribution >= 4 is 33.1 Å². The van der Waals surface area contributed by atoms with E-state index in [4.69, 9.17) is 0 Å². The molecule has 0 saturated carbocycles. The molecule has 158 valence electrons. The molecule has 0 saturated heterocycles. The number of fused-ring (bicyclic) bond motifs is 1. The van der Waals surface area contributed by atoms with Gasteiger partial charge in [0.1, 0.15) is 4.83 Å². The first kappa shape index (κ1) is 21.0. The number of nitrogens with zero attached hydrogens (tertiary/aromatic N) is 2. The number of aromatic nitrogens is 2. The average molecular weight is 432 g/mol. The largest absolute Gasteiger partial charge is 0.321 e. The van der Waals surface area contributed by atoms with Gasteiger partial charge in [-0.2, -0.15) is 0 Å². The first-order valence-electron chi connectivity index (χ1n) is 10.3. The van der Waals surface area contributed by atoms with E-state index in [1.165, 1.54) is 16.9 Å². The van der Waals surface area contributed by atoms with Crippen LogP contribution in [0, 0.1) is 20.8 Å². The molecule has 1 N–H and O–H groups in total. The lowest BCUT2D eigenvalue weighted by molar-refractivity contribution is 0.103. The smallest absolute Gasteiger partial charge is 0.266 e. The Balaban J connectivity index is 1.56. The Hall–Kier alpha value is -3.25. The van der Waals surface area contributed by atoms with Gasteiger partial charge in [-0.25, -0.2) is 4.98 Å². The minimum absolute atomic E-state index is 0.0858. The molecule has 0 aliphatic rings. The molecule has 0 unspecified atom stereocenters. The minimum atomic E-state index is -0.206. The SMILES string of the molecule is Cc1ccc(NC(=O)c2sc3ncn(CCCc4ccccc4)c(=O)c3c2C)c(C)c1. The fourth-order valence-electron chi connectivity index (χ4n) is 3.77. The normalized spacial score (nSPS) is 11.1. The van der Waals surface area contributed by atoms with Crippen LogP contribution < -0.4 is 10.9 Å². The molecule has 31 heavy (non-hydrogen) atoms. The minimum Gasteiger partial charge on any atom is -0.321 e. The van der Waals surface area contributed by atoms with Crippen LogP contribution in [-0.2, 0) is 13.0 Å². The van der Waals surface area contributed by atoms with Gasteiger partial charge in [0.15, 0.2) is 0 Å². The highest BCUT2D eigenvalue weighted by Gasteiger charge is 2.20. The number of hydrogen-bond donors (Lipinski definition) is 1. The summed E-state index contributed by atoms with van der Waals surface area (Å²) in [5.74, 6) is -0.206. The maximum Gasteiger partial charge on any atom is 0.266 e. The third-order valence-corrected chi connectivity index (χ3v) is 6.66. The number of anilines is 1. The van der Waals surface area contributed by atoms with E-state index in [9.17, 15) is 9.59 Å². The summed E-state index contributed by atoms with van der Waals surface area (Å²) in [6.07, 6.45) is 3.34. The van der Waals surface area contributed by atoms with E-state index in [2.05, 4.69) is 22.4 Å². The number of aryl methyl sites for hydroxylation is 5. The molecule has 0 fully saturated rings. The van der Waals surface area contributed by atoms with Crippen LogP contribution in [0.5, 0.6) is 0 Å². The van der Waals surface area contributed by atoms with Crippen LogP contribution in [-0.4, -0.2) is 15.5 Å². The molecule has 0 bridgehead atoms. The van der Waals surface area contributed by atoms with Gasteiger partial charge in [0.2, 0.25) is 0 Å². The molecule has 0 spiro atoms. The second-order valence-corrected chi connectivity index (χ2v) is 8.84. The molecule has 6 heteroatoms. The van der Waals surface area contributed by atoms with E-state index in [0.29, 0.717) is 27.2 Å². The van der Waals surface area contributed by atoms with Crippen LogP contribution in [0.2, 0.25) is 0 Å². The molecule has 4 aromatic rings. The van der Waals surface area contributed by atoms with E-state index < -0.39 is 0 Å². The predicted molar refractivity (Wildman–Crippen MR) is 127 cm³/mol. The molecule has 2 aromatic heterocycles. The van der Waals surface area contributed by atoms with Crippen molar-refractivity contribution in [1.82, 2.24) is 9.55 Å². The standard InChI is InChI=1S/C25H25N3O2S/c1-16-11-12-20(17(2)14-16)27-23(29)22-18(3)21-24(31-22)26-15-28(25(21)30)13-7-10-19-8-5-4-6-9-19/h4-6,8-9,11-12,14-15H,7,10,13H2,1-3H3,(H,27,29). The fourth-order valence-corrected chi connectivity index (χ4v) is 4.80. The van der Waals surface area contributed by atoms with E-state index in [0.717, 1.165) is 29.7 Å². The average Bonchev–Trinajstić information content (AvgIpc) is 3.10. The Bertz CT molecular complexity index is 1310. The molecule has 0 atom stereocenters. The van der Waals surface area contributed by atoms with Crippen molar-refractivity contribution in [3.8, 4) is 0 Å². The van der Waals surface area contributed by atoms with Crippen molar-refractivity contribution in [2.24, 2.45) is 0 Å². The topological polar surface area (TPSA) is 64.0 Å². The number of thiophene rings is 1. The van der Waals surface area contributed by atoms with Crippen molar-refractivity contribution in [1.29, 1.82) is 0 Å². The number of carbonyl (C=O) groups excluding carboxylic acids is 1. The van der Waals surface area contributed by atoms with E-state index >= 15 is 0 Å². The molecule has 2 aromatic carbocycles. The summed E-state index contributed by atoms with van der Waals surface area (Å²) in [6.45, 7) is 6.41. The molecule has 4 rings (SSSR count). The third-order valence-electron chi connectivity index (χ3n) is 5.46. The highest BCUT2D eigenvalue weighted by atomic mass is 32.1. The van der Waals surface area contributed by atoms with Crippen LogP contribution in [0.25, 0.3) is 10.2 Å². The number of amides is 1. The first-order valence-corrected chi connectivity index (χ1v) is 11.2. The summed E-state index contributed by atoms with van der Waals surface area (Å²) >= 11 is 1.27. The Kier molecular flexibility index (Phi) is 6.00. The summed E-state index contributed by atoms with van der Waals surface area (Å²) in [6, 6.07) is 16.1. The summed E-state index contributed by atoms with van der Waals surface area (Å²) in [5, 5.41) is 3.52. The van der Waals surface area contributed by atoms with Crippen molar-refractivity contribution in [3.63, 3.8) is 0 Å². The monoisotopic (exact) mass is 431 g/mol. The lowest BCUT2D eigenvalue weighted by Gasteiger charge is -2.08. The van der Waals surface area contributed by atoms with Gasteiger partial charge in [-0.15, -0.1) is 11.3 Å². The molecule has 0 radical (unpaired) electrons. The predicted octanol–water partition coefficient (Wildman–Crippen LogP) is 5.27. The number of carbonyl (C=O) groups is 1. The summed E-state index contributed by atoms with van der Waals surface area (Å²) < 4.78 is 1.65. The van der Waals surface area contributed by atoms with Crippen LogP contribution in [0.3, 0.4) is 0 Å². The van der Waals surface area contributed by atoms with Crippen molar-refractivity contribution in [2.75, 3.05) is 5.32 Å². The quantitative estimate of drug-likeness (QED) is 0.452. The molecular formula is C25H25N3O2S. The van der Waals surface area contributed by atoms with Gasteiger partial charge in [0, 0.05) is 12.2 Å². The molecule has 5 nitrogen and oxygen atoms in total. The van der Waals surface area contributed by atoms with Gasteiger partial charge in [0.25, 0.3) is 11.5 Å². The fraction of sp³-hybridized carbons (Fsp3) is 0.240. The maximum absolute atomic E-state index is 13.1. The lowest BCUT2D eigenvalue weighted by Crippen LogP contribution is -2.21. The van der Waals surface area contributed by atoms with Gasteiger partial charge in [-0.1, -0.05) is 48.0 Å². The Labute approximate surface area is 185 Å². The van der Waals surface area contributed by atoms with Crippen LogP contribution in [0.4, 0.5) is 5.69 Å². The van der Waals surface area contributed by atoms with Crippen molar-refractivity contribution in [2.45, 2.75) is 40.2 Å². The maximum atomic E-state index is 13.1. The van der Waals surface area contributed by atoms with Gasteiger partial charge in [0.05, 0.1) is 16.6 Å². The second kappa shape index (κ2) is 8.86. The Morgan fingerprint density at radius 3 is 2.61 bits per heavy atom. The second-order valence-electron chi connectivity index (χ2n) is 7.84. The van der Waals surface area contributed by atoms with Crippen LogP contribution in [0.1, 0.15) is 38.3 Å². The highest BCUT2D eigenvalue weighted by Crippen LogP contribution is 2.28.